The highest BCUT2D eigenvalue weighted by Gasteiger charge is 2.34. The number of benzene rings is 2. The average Bonchev–Trinajstić information content (AvgIpc) is 3.30. The molecule has 0 spiro atoms. The van der Waals surface area contributed by atoms with Gasteiger partial charge in [-0.2, -0.15) is 13.2 Å². The van der Waals surface area contributed by atoms with Gasteiger partial charge in [0, 0.05) is 24.7 Å². The van der Waals surface area contributed by atoms with Crippen molar-refractivity contribution in [2.24, 2.45) is 0 Å². The standard InChI is InChI=1S/C22H20F3N5O2S/c23-22(24,25)16-10-4-5-11-17(16)27-21(32)30-12-6-7-14(13-30)19-28-29-20(33-19)18(31)26-15-8-2-1-3-9-15/h1-5,8-11,14H,6-7,12-13H2,(H,26,31)(H,27,32)/t14-/m0/s1. The Labute approximate surface area is 191 Å². The number of nitrogens with zero attached hydrogens (tertiary/aromatic N) is 3. The Morgan fingerprint density at radius 1 is 1.00 bits per heavy atom. The van der Waals surface area contributed by atoms with E-state index < -0.39 is 17.8 Å². The van der Waals surface area contributed by atoms with Crippen molar-refractivity contribution in [2.75, 3.05) is 23.7 Å². The third-order valence-electron chi connectivity index (χ3n) is 5.20. The number of likely N-dealkylation sites (tertiary alicyclic amines) is 1. The van der Waals surface area contributed by atoms with E-state index in [1.54, 1.807) is 24.3 Å². The van der Waals surface area contributed by atoms with Crippen molar-refractivity contribution in [1.29, 1.82) is 0 Å². The topological polar surface area (TPSA) is 87.2 Å². The quantitative estimate of drug-likeness (QED) is 0.542. The molecule has 0 unspecified atom stereocenters. The Hall–Kier alpha value is -3.47. The zero-order chi connectivity index (χ0) is 23.4. The molecule has 3 aromatic rings. The van der Waals surface area contributed by atoms with Crippen LogP contribution in [0.4, 0.5) is 29.3 Å². The zero-order valence-electron chi connectivity index (χ0n) is 17.3. The minimum absolute atomic E-state index is 0.155. The maximum Gasteiger partial charge on any atom is 0.418 e. The number of halogens is 3. The fraction of sp³-hybridized carbons (Fsp3) is 0.273. The average molecular weight is 475 g/mol. The molecule has 1 aliphatic rings. The van der Waals surface area contributed by atoms with Gasteiger partial charge in [0.2, 0.25) is 5.01 Å². The summed E-state index contributed by atoms with van der Waals surface area (Å²) in [5.74, 6) is -0.530. The molecular formula is C22H20F3N5O2S. The van der Waals surface area contributed by atoms with Crippen LogP contribution in [0.5, 0.6) is 0 Å². The van der Waals surface area contributed by atoms with Crippen LogP contribution in [0.15, 0.2) is 54.6 Å². The normalized spacial score (nSPS) is 16.3. The monoisotopic (exact) mass is 475 g/mol. The lowest BCUT2D eigenvalue weighted by molar-refractivity contribution is -0.136. The van der Waals surface area contributed by atoms with Gasteiger partial charge in [0.1, 0.15) is 5.01 Å². The molecule has 1 aliphatic heterocycles. The van der Waals surface area contributed by atoms with Crippen LogP contribution in [0.2, 0.25) is 0 Å². The molecule has 1 atom stereocenters. The molecule has 4 rings (SSSR count). The highest BCUT2D eigenvalue weighted by Crippen LogP contribution is 2.35. The number of carbonyl (C=O) groups is 2. The van der Waals surface area contributed by atoms with Crippen LogP contribution < -0.4 is 10.6 Å². The van der Waals surface area contributed by atoms with Crippen LogP contribution in [-0.2, 0) is 6.18 Å². The fourth-order valence-electron chi connectivity index (χ4n) is 3.59. The molecule has 1 aromatic heterocycles. The molecule has 2 heterocycles. The molecule has 3 amide bonds. The van der Waals surface area contributed by atoms with Crippen LogP contribution in [0.25, 0.3) is 0 Å². The van der Waals surface area contributed by atoms with Gasteiger partial charge in [0.25, 0.3) is 5.91 Å². The molecule has 33 heavy (non-hydrogen) atoms. The highest BCUT2D eigenvalue weighted by molar-refractivity contribution is 7.13. The van der Waals surface area contributed by atoms with Gasteiger partial charge in [-0.1, -0.05) is 41.7 Å². The van der Waals surface area contributed by atoms with Gasteiger partial charge in [0.15, 0.2) is 0 Å². The molecule has 0 aliphatic carbocycles. The SMILES string of the molecule is O=C(Nc1ccccc1)c1nnc([C@H]2CCCN(C(=O)Nc3ccccc3C(F)(F)F)C2)s1. The van der Waals surface area contributed by atoms with Crippen LogP contribution in [-0.4, -0.2) is 40.1 Å². The number of amides is 3. The van der Waals surface area contributed by atoms with Gasteiger partial charge >= 0.3 is 12.2 Å². The minimum atomic E-state index is -4.57. The summed E-state index contributed by atoms with van der Waals surface area (Å²) in [5, 5.41) is 14.0. The van der Waals surface area contributed by atoms with Crippen molar-refractivity contribution in [1.82, 2.24) is 15.1 Å². The van der Waals surface area contributed by atoms with Crippen molar-refractivity contribution >= 4 is 34.6 Å². The van der Waals surface area contributed by atoms with E-state index >= 15 is 0 Å². The van der Waals surface area contributed by atoms with E-state index in [4.69, 9.17) is 0 Å². The Bertz CT molecular complexity index is 1140. The second-order valence-corrected chi connectivity index (χ2v) is 8.53. The highest BCUT2D eigenvalue weighted by atomic mass is 32.1. The van der Waals surface area contributed by atoms with E-state index in [2.05, 4.69) is 20.8 Å². The summed E-state index contributed by atoms with van der Waals surface area (Å²) in [6, 6.07) is 13.2. The number of hydrogen-bond donors (Lipinski definition) is 2. The van der Waals surface area contributed by atoms with Crippen LogP contribution in [0.3, 0.4) is 0 Å². The van der Waals surface area contributed by atoms with Crippen molar-refractivity contribution in [2.45, 2.75) is 24.9 Å². The molecular weight excluding hydrogens is 455 g/mol. The molecule has 1 fully saturated rings. The van der Waals surface area contributed by atoms with Crippen LogP contribution in [0.1, 0.15) is 39.1 Å². The lowest BCUT2D eigenvalue weighted by Crippen LogP contribution is -2.41. The second-order valence-electron chi connectivity index (χ2n) is 7.52. The summed E-state index contributed by atoms with van der Waals surface area (Å²) in [5.41, 5.74) is -0.545. The Morgan fingerprint density at radius 3 is 2.48 bits per heavy atom. The maximum absolute atomic E-state index is 13.2. The number of carbonyl (C=O) groups excluding carboxylic acids is 2. The van der Waals surface area contributed by atoms with E-state index in [1.165, 1.54) is 23.1 Å². The van der Waals surface area contributed by atoms with Crippen molar-refractivity contribution < 1.29 is 22.8 Å². The van der Waals surface area contributed by atoms with Crippen molar-refractivity contribution in [3.05, 3.63) is 70.2 Å². The number of anilines is 2. The molecule has 0 saturated carbocycles. The van der Waals surface area contributed by atoms with Gasteiger partial charge in [-0.05, 0) is 37.1 Å². The molecule has 2 aromatic carbocycles. The third kappa shape index (κ3) is 5.48. The molecule has 0 bridgehead atoms. The summed E-state index contributed by atoms with van der Waals surface area (Å²) in [6.45, 7) is 0.686. The first-order valence-electron chi connectivity index (χ1n) is 10.2. The third-order valence-corrected chi connectivity index (χ3v) is 6.28. The smallest absolute Gasteiger partial charge is 0.324 e. The number of rotatable bonds is 4. The second kappa shape index (κ2) is 9.57. The number of para-hydroxylation sites is 2. The van der Waals surface area contributed by atoms with E-state index in [0.29, 0.717) is 23.7 Å². The number of urea groups is 1. The predicted molar refractivity (Wildman–Crippen MR) is 118 cm³/mol. The molecule has 1 saturated heterocycles. The molecule has 172 valence electrons. The van der Waals surface area contributed by atoms with Gasteiger partial charge < -0.3 is 15.5 Å². The van der Waals surface area contributed by atoms with E-state index in [9.17, 15) is 22.8 Å². The lowest BCUT2D eigenvalue weighted by Gasteiger charge is -2.31. The van der Waals surface area contributed by atoms with Gasteiger partial charge in [-0.15, -0.1) is 10.2 Å². The first-order valence-corrected chi connectivity index (χ1v) is 11.0. The van der Waals surface area contributed by atoms with E-state index in [-0.39, 0.29) is 29.1 Å². The first kappa shape index (κ1) is 22.7. The van der Waals surface area contributed by atoms with Gasteiger partial charge in [-0.3, -0.25) is 4.79 Å². The zero-order valence-corrected chi connectivity index (χ0v) is 18.1. The maximum atomic E-state index is 13.2. The number of piperidine rings is 1. The van der Waals surface area contributed by atoms with E-state index in [1.807, 2.05) is 6.07 Å². The van der Waals surface area contributed by atoms with Gasteiger partial charge in [0.05, 0.1) is 11.3 Å². The minimum Gasteiger partial charge on any atom is -0.324 e. The van der Waals surface area contributed by atoms with Crippen LogP contribution in [0, 0.1) is 0 Å². The summed E-state index contributed by atoms with van der Waals surface area (Å²) in [7, 11) is 0. The summed E-state index contributed by atoms with van der Waals surface area (Å²) < 4.78 is 39.7. The van der Waals surface area contributed by atoms with Gasteiger partial charge in [-0.25, -0.2) is 4.79 Å². The lowest BCUT2D eigenvalue weighted by atomic mass is 9.99. The molecule has 11 heteroatoms. The molecule has 2 N–H and O–H groups in total. The van der Waals surface area contributed by atoms with Crippen molar-refractivity contribution in [3.8, 4) is 0 Å². The number of alkyl halides is 3. The number of nitrogens with one attached hydrogen (secondary N) is 2. The number of hydrogen-bond acceptors (Lipinski definition) is 5. The fourth-order valence-corrected chi connectivity index (χ4v) is 4.46. The molecule has 0 radical (unpaired) electrons. The Morgan fingerprint density at radius 2 is 1.73 bits per heavy atom. The molecule has 7 nitrogen and oxygen atoms in total. The van der Waals surface area contributed by atoms with E-state index in [0.717, 1.165) is 23.8 Å². The summed E-state index contributed by atoms with van der Waals surface area (Å²) >= 11 is 1.15. The van der Waals surface area contributed by atoms with Crippen molar-refractivity contribution in [3.63, 3.8) is 0 Å². The Kier molecular flexibility index (Phi) is 6.59. The first-order chi connectivity index (χ1) is 15.8. The summed E-state index contributed by atoms with van der Waals surface area (Å²) in [4.78, 5) is 26.6. The van der Waals surface area contributed by atoms with Crippen LogP contribution >= 0.6 is 11.3 Å². The summed E-state index contributed by atoms with van der Waals surface area (Å²) in [6.07, 6.45) is -3.18. The Balaban J connectivity index is 1.41. The largest absolute Gasteiger partial charge is 0.418 e. The number of aromatic nitrogens is 2. The predicted octanol–water partition coefficient (Wildman–Crippen LogP) is 5.22.